The van der Waals surface area contributed by atoms with Gasteiger partial charge in [0.1, 0.15) is 12.2 Å². The van der Waals surface area contributed by atoms with Crippen molar-refractivity contribution in [1.82, 2.24) is 5.06 Å². The van der Waals surface area contributed by atoms with Gasteiger partial charge in [0.15, 0.2) is 0 Å². The zero-order chi connectivity index (χ0) is 16.6. The van der Waals surface area contributed by atoms with Gasteiger partial charge in [0.25, 0.3) is 0 Å². The molecule has 0 amide bonds. The third-order valence-electron chi connectivity index (χ3n) is 4.95. The van der Waals surface area contributed by atoms with E-state index in [1.165, 1.54) is 0 Å². The number of hydrogen-bond donors (Lipinski definition) is 3. The first-order valence-electron chi connectivity index (χ1n) is 8.02. The number of aliphatic hydroxyl groups excluding tert-OH is 3. The number of benzene rings is 1. The number of rotatable bonds is 3. The van der Waals surface area contributed by atoms with Crippen molar-refractivity contribution in [1.29, 1.82) is 0 Å². The minimum Gasteiger partial charge on any atom is -0.394 e. The molecule has 0 aliphatic carbocycles. The number of nitrogens with zero attached hydrogens (tertiary/aromatic N) is 1. The molecule has 2 saturated heterocycles. The van der Waals surface area contributed by atoms with Crippen LogP contribution in [0.3, 0.4) is 0 Å². The van der Waals surface area contributed by atoms with Crippen LogP contribution in [0.1, 0.15) is 19.4 Å². The van der Waals surface area contributed by atoms with Crippen LogP contribution in [0.4, 0.5) is 0 Å². The van der Waals surface area contributed by atoms with Gasteiger partial charge in [-0.05, 0) is 19.4 Å². The van der Waals surface area contributed by atoms with Gasteiger partial charge in [0, 0.05) is 12.5 Å². The highest BCUT2D eigenvalue weighted by atomic mass is 16.7. The molecule has 5 atom stereocenters. The molecule has 6 heteroatoms. The number of hydrogen-bond acceptors (Lipinski definition) is 6. The van der Waals surface area contributed by atoms with E-state index in [2.05, 4.69) is 0 Å². The smallest absolute Gasteiger partial charge is 0.109 e. The van der Waals surface area contributed by atoms with Crippen molar-refractivity contribution >= 4 is 0 Å². The summed E-state index contributed by atoms with van der Waals surface area (Å²) in [5.74, 6) is -0.272. The Balaban J connectivity index is 1.88. The topological polar surface area (TPSA) is 82.4 Å². The molecule has 2 aliphatic rings. The van der Waals surface area contributed by atoms with Crippen LogP contribution in [0.15, 0.2) is 30.3 Å². The van der Waals surface area contributed by atoms with Crippen molar-refractivity contribution < 1.29 is 24.9 Å². The monoisotopic (exact) mass is 323 g/mol. The van der Waals surface area contributed by atoms with Crippen LogP contribution in [-0.4, -0.2) is 63.6 Å². The molecule has 0 radical (unpaired) electrons. The SMILES string of the molecule is CC1(C)O[C@H](CO)[C@@H](O)[C@@H]2[C@H](O)[C@@H]1CON2Cc1ccccc1. The van der Waals surface area contributed by atoms with Gasteiger partial charge in [-0.1, -0.05) is 30.3 Å². The van der Waals surface area contributed by atoms with E-state index in [-0.39, 0.29) is 12.5 Å². The minimum absolute atomic E-state index is 0.272. The first-order valence-corrected chi connectivity index (χ1v) is 8.02. The first-order chi connectivity index (χ1) is 10.9. The van der Waals surface area contributed by atoms with E-state index in [1.807, 2.05) is 44.2 Å². The Bertz CT molecular complexity index is 523. The summed E-state index contributed by atoms with van der Waals surface area (Å²) in [5.41, 5.74) is 0.330. The molecule has 3 rings (SSSR count). The van der Waals surface area contributed by atoms with Gasteiger partial charge >= 0.3 is 0 Å². The molecule has 2 bridgehead atoms. The molecule has 3 N–H and O–H groups in total. The molecule has 23 heavy (non-hydrogen) atoms. The van der Waals surface area contributed by atoms with Crippen molar-refractivity contribution in [2.24, 2.45) is 5.92 Å². The predicted molar refractivity (Wildman–Crippen MR) is 83.3 cm³/mol. The second-order valence-electron chi connectivity index (χ2n) is 6.88. The van der Waals surface area contributed by atoms with Gasteiger partial charge in [0.2, 0.25) is 0 Å². The largest absolute Gasteiger partial charge is 0.394 e. The maximum Gasteiger partial charge on any atom is 0.109 e. The van der Waals surface area contributed by atoms with Gasteiger partial charge in [-0.25, -0.2) is 0 Å². The minimum atomic E-state index is -1.04. The fourth-order valence-corrected chi connectivity index (χ4v) is 3.58. The van der Waals surface area contributed by atoms with Gasteiger partial charge < -0.3 is 20.1 Å². The quantitative estimate of drug-likeness (QED) is 0.743. The molecule has 0 spiro atoms. The molecule has 2 fully saturated rings. The lowest BCUT2D eigenvalue weighted by Crippen LogP contribution is -2.60. The summed E-state index contributed by atoms with van der Waals surface area (Å²) in [6, 6.07) is 9.09. The van der Waals surface area contributed by atoms with E-state index in [9.17, 15) is 15.3 Å². The lowest BCUT2D eigenvalue weighted by Gasteiger charge is -2.45. The number of ether oxygens (including phenoxy) is 1. The van der Waals surface area contributed by atoms with Crippen LogP contribution in [0.5, 0.6) is 0 Å². The second kappa shape index (κ2) is 6.47. The molecular weight excluding hydrogens is 298 g/mol. The van der Waals surface area contributed by atoms with Gasteiger partial charge in [-0.15, -0.1) is 0 Å². The number of fused-ring (bicyclic) bond motifs is 2. The summed E-state index contributed by atoms with van der Waals surface area (Å²) < 4.78 is 5.88. The number of hydroxylamine groups is 2. The molecule has 6 nitrogen and oxygen atoms in total. The third-order valence-corrected chi connectivity index (χ3v) is 4.95. The zero-order valence-corrected chi connectivity index (χ0v) is 13.5. The second-order valence-corrected chi connectivity index (χ2v) is 6.88. The van der Waals surface area contributed by atoms with Crippen LogP contribution < -0.4 is 0 Å². The molecule has 0 aromatic heterocycles. The third kappa shape index (κ3) is 3.15. The first kappa shape index (κ1) is 16.8. The fraction of sp³-hybridized carbons (Fsp3) is 0.647. The van der Waals surface area contributed by atoms with Crippen LogP contribution >= 0.6 is 0 Å². The highest BCUT2D eigenvalue weighted by molar-refractivity contribution is 5.15. The van der Waals surface area contributed by atoms with E-state index in [4.69, 9.17) is 9.57 Å². The fourth-order valence-electron chi connectivity index (χ4n) is 3.58. The number of aliphatic hydroxyl groups is 3. The summed E-state index contributed by atoms with van der Waals surface area (Å²) in [6.07, 6.45) is -2.59. The molecule has 2 aliphatic heterocycles. The molecule has 0 unspecified atom stereocenters. The lowest BCUT2D eigenvalue weighted by atomic mass is 9.82. The van der Waals surface area contributed by atoms with Crippen molar-refractivity contribution in [3.8, 4) is 0 Å². The Labute approximate surface area is 136 Å². The summed E-state index contributed by atoms with van der Waals surface area (Å²) >= 11 is 0. The maximum absolute atomic E-state index is 10.8. The van der Waals surface area contributed by atoms with Gasteiger partial charge in [-0.2, -0.15) is 5.06 Å². The Morgan fingerprint density at radius 1 is 1.17 bits per heavy atom. The summed E-state index contributed by atoms with van der Waals surface area (Å²) in [6.45, 7) is 4.16. The summed E-state index contributed by atoms with van der Waals surface area (Å²) in [7, 11) is 0. The van der Waals surface area contributed by atoms with E-state index in [0.717, 1.165) is 5.56 Å². The van der Waals surface area contributed by atoms with Crippen LogP contribution in [-0.2, 0) is 16.1 Å². The summed E-state index contributed by atoms with van der Waals surface area (Å²) in [4.78, 5) is 5.85. The van der Waals surface area contributed by atoms with Crippen molar-refractivity contribution in [2.45, 2.75) is 50.3 Å². The van der Waals surface area contributed by atoms with Crippen molar-refractivity contribution in [3.05, 3.63) is 35.9 Å². The van der Waals surface area contributed by atoms with E-state index in [1.54, 1.807) is 5.06 Å². The predicted octanol–water partition coefficient (Wildman–Crippen LogP) is 0.310. The van der Waals surface area contributed by atoms with Crippen LogP contribution in [0.2, 0.25) is 0 Å². The molecular formula is C17H25NO5. The van der Waals surface area contributed by atoms with E-state index in [0.29, 0.717) is 13.2 Å². The Kier molecular flexibility index (Phi) is 4.73. The average Bonchev–Trinajstić information content (AvgIpc) is 2.56. The lowest BCUT2D eigenvalue weighted by molar-refractivity contribution is -0.285. The molecule has 128 valence electrons. The van der Waals surface area contributed by atoms with E-state index >= 15 is 0 Å². The molecule has 1 aromatic carbocycles. The van der Waals surface area contributed by atoms with Crippen LogP contribution in [0.25, 0.3) is 0 Å². The highest BCUT2D eigenvalue weighted by Crippen LogP contribution is 2.39. The normalized spacial score (nSPS) is 37.3. The van der Waals surface area contributed by atoms with Gasteiger partial charge in [-0.3, -0.25) is 4.84 Å². The molecule has 2 heterocycles. The standard InChI is InChI=1S/C17H25NO5/c1-17(2)12-10-22-18(8-11-6-4-3-5-7-11)14(15(12)20)16(21)13(9-19)23-17/h3-7,12-16,19-21H,8-10H2,1-2H3/t12-,13+,14-,15+,16+/m0/s1. The average molecular weight is 323 g/mol. The van der Waals surface area contributed by atoms with Crippen molar-refractivity contribution in [3.63, 3.8) is 0 Å². The Morgan fingerprint density at radius 2 is 1.87 bits per heavy atom. The van der Waals surface area contributed by atoms with Crippen molar-refractivity contribution in [2.75, 3.05) is 13.2 Å². The zero-order valence-electron chi connectivity index (χ0n) is 13.5. The van der Waals surface area contributed by atoms with Crippen LogP contribution in [0, 0.1) is 5.92 Å². The maximum atomic E-state index is 10.8. The summed E-state index contributed by atoms with van der Waals surface area (Å²) in [5, 5.41) is 32.6. The Morgan fingerprint density at radius 3 is 2.52 bits per heavy atom. The molecule has 1 aromatic rings. The van der Waals surface area contributed by atoms with Gasteiger partial charge in [0.05, 0.1) is 31.0 Å². The Hall–Kier alpha value is -1.02. The van der Waals surface area contributed by atoms with E-state index < -0.39 is 30.0 Å². The molecule has 0 saturated carbocycles. The highest BCUT2D eigenvalue weighted by Gasteiger charge is 2.54.